The monoisotopic (exact) mass is 233 g/mol. The summed E-state index contributed by atoms with van der Waals surface area (Å²) in [6.07, 6.45) is 5.05. The van der Waals surface area contributed by atoms with Crippen LogP contribution in [0.5, 0.6) is 0 Å². The van der Waals surface area contributed by atoms with Gasteiger partial charge in [-0.3, -0.25) is 5.32 Å². The zero-order valence-electron chi connectivity index (χ0n) is 10.7. The Bertz CT molecular complexity index is 306. The SMILES string of the molecule is CCCCC(c1ccccc1)C1NCCCO1. The van der Waals surface area contributed by atoms with E-state index in [0.717, 1.165) is 19.6 Å². The van der Waals surface area contributed by atoms with E-state index in [0.29, 0.717) is 5.92 Å². The molecule has 1 saturated heterocycles. The van der Waals surface area contributed by atoms with Gasteiger partial charge in [-0.15, -0.1) is 0 Å². The van der Waals surface area contributed by atoms with E-state index in [1.165, 1.54) is 24.8 Å². The third-order valence-electron chi connectivity index (χ3n) is 3.43. The van der Waals surface area contributed by atoms with Gasteiger partial charge < -0.3 is 4.74 Å². The molecule has 2 rings (SSSR count). The smallest absolute Gasteiger partial charge is 0.115 e. The second-order valence-corrected chi connectivity index (χ2v) is 4.76. The van der Waals surface area contributed by atoms with E-state index in [1.54, 1.807) is 0 Å². The van der Waals surface area contributed by atoms with Crippen LogP contribution in [-0.2, 0) is 4.74 Å². The van der Waals surface area contributed by atoms with Crippen molar-refractivity contribution in [3.63, 3.8) is 0 Å². The van der Waals surface area contributed by atoms with Crippen LogP contribution in [0.3, 0.4) is 0 Å². The summed E-state index contributed by atoms with van der Waals surface area (Å²) in [7, 11) is 0. The molecule has 0 spiro atoms. The zero-order chi connectivity index (χ0) is 11.9. The summed E-state index contributed by atoms with van der Waals surface area (Å²) in [5.41, 5.74) is 1.40. The van der Waals surface area contributed by atoms with Gasteiger partial charge in [0.1, 0.15) is 6.23 Å². The normalized spacial score (nSPS) is 22.3. The first-order valence-electron chi connectivity index (χ1n) is 6.81. The Morgan fingerprint density at radius 3 is 2.82 bits per heavy atom. The lowest BCUT2D eigenvalue weighted by atomic mass is 9.91. The van der Waals surface area contributed by atoms with Crippen molar-refractivity contribution in [1.29, 1.82) is 0 Å². The summed E-state index contributed by atoms with van der Waals surface area (Å²) in [5.74, 6) is 0.497. The average Bonchev–Trinajstić information content (AvgIpc) is 2.42. The molecule has 1 N–H and O–H groups in total. The van der Waals surface area contributed by atoms with Gasteiger partial charge in [0.15, 0.2) is 0 Å². The zero-order valence-corrected chi connectivity index (χ0v) is 10.7. The number of benzene rings is 1. The van der Waals surface area contributed by atoms with Crippen LogP contribution >= 0.6 is 0 Å². The molecule has 1 aliphatic rings. The number of rotatable bonds is 5. The van der Waals surface area contributed by atoms with Crippen molar-refractivity contribution in [2.75, 3.05) is 13.2 Å². The Hall–Kier alpha value is -0.860. The molecular formula is C15H23NO. The van der Waals surface area contributed by atoms with Crippen molar-refractivity contribution < 1.29 is 4.74 Å². The Balaban J connectivity index is 2.06. The highest BCUT2D eigenvalue weighted by atomic mass is 16.5. The minimum Gasteiger partial charge on any atom is -0.363 e. The van der Waals surface area contributed by atoms with Crippen LogP contribution in [0, 0.1) is 0 Å². The second kappa shape index (κ2) is 6.77. The number of hydrogen-bond acceptors (Lipinski definition) is 2. The first-order valence-corrected chi connectivity index (χ1v) is 6.81. The third-order valence-corrected chi connectivity index (χ3v) is 3.43. The summed E-state index contributed by atoms with van der Waals surface area (Å²) >= 11 is 0. The largest absolute Gasteiger partial charge is 0.363 e. The molecule has 0 amide bonds. The molecule has 2 nitrogen and oxygen atoms in total. The van der Waals surface area contributed by atoms with Gasteiger partial charge in [0.05, 0.1) is 0 Å². The molecule has 2 unspecified atom stereocenters. The standard InChI is InChI=1S/C15H23NO/c1-2-3-10-14(13-8-5-4-6-9-13)15-16-11-7-12-17-15/h4-6,8-9,14-16H,2-3,7,10-12H2,1H3. The first kappa shape index (κ1) is 12.6. The quantitative estimate of drug-likeness (QED) is 0.842. The van der Waals surface area contributed by atoms with Crippen LogP contribution in [0.15, 0.2) is 30.3 Å². The summed E-state index contributed by atoms with van der Waals surface area (Å²) in [5, 5.41) is 3.50. The molecule has 0 saturated carbocycles. The van der Waals surface area contributed by atoms with E-state index in [4.69, 9.17) is 4.74 Å². The molecule has 1 aliphatic heterocycles. The molecule has 0 aliphatic carbocycles. The van der Waals surface area contributed by atoms with Crippen LogP contribution in [-0.4, -0.2) is 19.4 Å². The van der Waals surface area contributed by atoms with Crippen LogP contribution in [0.2, 0.25) is 0 Å². The van der Waals surface area contributed by atoms with Gasteiger partial charge >= 0.3 is 0 Å². The number of unbranched alkanes of at least 4 members (excludes halogenated alkanes) is 1. The summed E-state index contributed by atoms with van der Waals surface area (Å²) in [6.45, 7) is 4.23. The predicted octanol–water partition coefficient (Wildman–Crippen LogP) is 3.30. The minimum absolute atomic E-state index is 0.206. The van der Waals surface area contributed by atoms with Gasteiger partial charge in [0.25, 0.3) is 0 Å². The topological polar surface area (TPSA) is 21.3 Å². The summed E-state index contributed by atoms with van der Waals surface area (Å²) in [4.78, 5) is 0. The molecule has 0 aromatic heterocycles. The van der Waals surface area contributed by atoms with Gasteiger partial charge in [0, 0.05) is 12.5 Å². The lowest BCUT2D eigenvalue weighted by Crippen LogP contribution is -2.42. The van der Waals surface area contributed by atoms with Crippen LogP contribution in [0.4, 0.5) is 0 Å². The Morgan fingerprint density at radius 1 is 1.35 bits per heavy atom. The van der Waals surface area contributed by atoms with Crippen molar-refractivity contribution >= 4 is 0 Å². The fourth-order valence-electron chi connectivity index (χ4n) is 2.46. The second-order valence-electron chi connectivity index (χ2n) is 4.76. The molecule has 1 aromatic rings. The molecular weight excluding hydrogens is 210 g/mol. The van der Waals surface area contributed by atoms with Gasteiger partial charge in [-0.1, -0.05) is 50.1 Å². The van der Waals surface area contributed by atoms with E-state index in [9.17, 15) is 0 Å². The molecule has 2 heteroatoms. The fraction of sp³-hybridized carbons (Fsp3) is 0.600. The summed E-state index contributed by atoms with van der Waals surface area (Å²) in [6, 6.07) is 10.8. The Labute approximate surface area is 104 Å². The van der Waals surface area contributed by atoms with Crippen molar-refractivity contribution in [1.82, 2.24) is 5.32 Å². The highest BCUT2D eigenvalue weighted by Gasteiger charge is 2.24. The van der Waals surface area contributed by atoms with Crippen molar-refractivity contribution in [3.8, 4) is 0 Å². The van der Waals surface area contributed by atoms with Crippen molar-refractivity contribution in [2.24, 2.45) is 0 Å². The molecule has 1 aromatic carbocycles. The van der Waals surface area contributed by atoms with E-state index in [2.05, 4.69) is 42.6 Å². The fourth-order valence-corrected chi connectivity index (χ4v) is 2.46. The molecule has 17 heavy (non-hydrogen) atoms. The Kier molecular flexibility index (Phi) is 5.02. The van der Waals surface area contributed by atoms with E-state index in [1.807, 2.05) is 0 Å². The lowest BCUT2D eigenvalue weighted by Gasteiger charge is -2.32. The molecule has 1 heterocycles. The van der Waals surface area contributed by atoms with Gasteiger partial charge in [-0.25, -0.2) is 0 Å². The number of ether oxygens (including phenoxy) is 1. The average molecular weight is 233 g/mol. The maximum atomic E-state index is 5.88. The molecule has 2 atom stereocenters. The number of hydrogen-bond donors (Lipinski definition) is 1. The van der Waals surface area contributed by atoms with Crippen molar-refractivity contribution in [3.05, 3.63) is 35.9 Å². The molecule has 0 bridgehead atoms. The number of nitrogens with one attached hydrogen (secondary N) is 1. The molecule has 94 valence electrons. The van der Waals surface area contributed by atoms with E-state index in [-0.39, 0.29) is 6.23 Å². The first-order chi connectivity index (χ1) is 8.42. The van der Waals surface area contributed by atoms with E-state index < -0.39 is 0 Å². The summed E-state index contributed by atoms with van der Waals surface area (Å²) < 4.78 is 5.88. The highest BCUT2D eigenvalue weighted by Crippen LogP contribution is 2.27. The maximum absolute atomic E-state index is 5.88. The Morgan fingerprint density at radius 2 is 2.18 bits per heavy atom. The molecule has 0 radical (unpaired) electrons. The maximum Gasteiger partial charge on any atom is 0.115 e. The minimum atomic E-state index is 0.206. The van der Waals surface area contributed by atoms with Gasteiger partial charge in [-0.05, 0) is 24.9 Å². The van der Waals surface area contributed by atoms with Gasteiger partial charge in [-0.2, -0.15) is 0 Å². The third kappa shape index (κ3) is 3.55. The highest BCUT2D eigenvalue weighted by molar-refractivity contribution is 5.20. The predicted molar refractivity (Wildman–Crippen MR) is 71.1 cm³/mol. The molecule has 1 fully saturated rings. The van der Waals surface area contributed by atoms with Crippen LogP contribution in [0.1, 0.15) is 44.1 Å². The van der Waals surface area contributed by atoms with Crippen LogP contribution in [0.25, 0.3) is 0 Å². The van der Waals surface area contributed by atoms with E-state index >= 15 is 0 Å². The van der Waals surface area contributed by atoms with Crippen LogP contribution < -0.4 is 5.32 Å². The van der Waals surface area contributed by atoms with Gasteiger partial charge in [0.2, 0.25) is 0 Å². The lowest BCUT2D eigenvalue weighted by molar-refractivity contribution is -0.0181. The van der Waals surface area contributed by atoms with Crippen molar-refractivity contribution in [2.45, 2.75) is 44.8 Å².